The topological polar surface area (TPSA) is 41.1 Å². The van der Waals surface area contributed by atoms with Gasteiger partial charge in [0.25, 0.3) is 0 Å². The zero-order chi connectivity index (χ0) is 12.7. The van der Waals surface area contributed by atoms with E-state index in [1.165, 1.54) is 0 Å². The van der Waals surface area contributed by atoms with Crippen LogP contribution >= 0.6 is 0 Å². The fraction of sp³-hybridized carbons (Fsp3) is 0.692. The summed E-state index contributed by atoms with van der Waals surface area (Å²) in [5.74, 6) is 2.02. The summed E-state index contributed by atoms with van der Waals surface area (Å²) in [6, 6.07) is 0. The highest BCUT2D eigenvalue weighted by atomic mass is 15.2. The predicted molar refractivity (Wildman–Crippen MR) is 73.7 cm³/mol. The maximum atomic E-state index is 4.43. The molecule has 1 N–H and O–H groups in total. The average molecular weight is 236 g/mol. The molecule has 1 rings (SSSR count). The van der Waals surface area contributed by atoms with E-state index in [0.717, 1.165) is 49.7 Å². The van der Waals surface area contributed by atoms with Gasteiger partial charge in [-0.15, -0.1) is 0 Å². The number of nitrogens with one attached hydrogen (secondary N) is 1. The van der Waals surface area contributed by atoms with E-state index in [0.29, 0.717) is 0 Å². The van der Waals surface area contributed by atoms with Crippen LogP contribution in [0, 0.1) is 6.92 Å². The molecule has 4 nitrogen and oxygen atoms in total. The van der Waals surface area contributed by atoms with Crippen molar-refractivity contribution in [3.63, 3.8) is 0 Å². The molecule has 0 unspecified atom stereocenters. The van der Waals surface area contributed by atoms with Gasteiger partial charge < -0.3 is 10.2 Å². The second-order valence-electron chi connectivity index (χ2n) is 4.19. The zero-order valence-corrected chi connectivity index (χ0v) is 11.5. The third-order valence-electron chi connectivity index (χ3n) is 2.69. The van der Waals surface area contributed by atoms with E-state index >= 15 is 0 Å². The molecule has 1 aromatic rings. The summed E-state index contributed by atoms with van der Waals surface area (Å²) in [5, 5.41) is 3.28. The monoisotopic (exact) mass is 236 g/mol. The van der Waals surface area contributed by atoms with Crippen LogP contribution in [0.4, 0.5) is 11.6 Å². The number of aromatic nitrogens is 2. The number of hydrogen-bond donors (Lipinski definition) is 1. The first-order valence-electron chi connectivity index (χ1n) is 6.54. The summed E-state index contributed by atoms with van der Waals surface area (Å²) in [6.07, 6.45) is 3.93. The Labute approximate surface area is 104 Å². The Hall–Kier alpha value is -1.32. The van der Waals surface area contributed by atoms with E-state index in [-0.39, 0.29) is 0 Å². The fourth-order valence-corrected chi connectivity index (χ4v) is 1.97. The Morgan fingerprint density at radius 1 is 1.12 bits per heavy atom. The number of rotatable bonds is 7. The molecule has 0 amide bonds. The lowest BCUT2D eigenvalue weighted by molar-refractivity contribution is 0.729. The smallest absolute Gasteiger partial charge is 0.137 e. The second kappa shape index (κ2) is 7.09. The molecule has 0 saturated heterocycles. The minimum Gasteiger partial charge on any atom is -0.370 e. The first-order valence-corrected chi connectivity index (χ1v) is 6.54. The fourth-order valence-electron chi connectivity index (χ4n) is 1.97. The summed E-state index contributed by atoms with van der Waals surface area (Å²) in [5.41, 5.74) is 1.15. The van der Waals surface area contributed by atoms with Gasteiger partial charge in [-0.2, -0.15) is 0 Å². The highest BCUT2D eigenvalue weighted by Crippen LogP contribution is 2.22. The average Bonchev–Trinajstić information content (AvgIpc) is 2.32. The van der Waals surface area contributed by atoms with Crippen molar-refractivity contribution < 1.29 is 0 Å². The van der Waals surface area contributed by atoms with Gasteiger partial charge in [0, 0.05) is 25.2 Å². The van der Waals surface area contributed by atoms with Crippen molar-refractivity contribution in [3.05, 3.63) is 11.9 Å². The molecule has 0 saturated carbocycles. The molecule has 0 radical (unpaired) electrons. The van der Waals surface area contributed by atoms with Gasteiger partial charge in [-0.1, -0.05) is 13.8 Å². The second-order valence-corrected chi connectivity index (χ2v) is 4.19. The third kappa shape index (κ3) is 3.58. The molecule has 0 fully saturated rings. The molecule has 0 aliphatic rings. The van der Waals surface area contributed by atoms with Gasteiger partial charge in [0.15, 0.2) is 0 Å². The number of anilines is 2. The lowest BCUT2D eigenvalue weighted by Crippen LogP contribution is -2.27. The molecule has 0 spiro atoms. The van der Waals surface area contributed by atoms with E-state index in [1.54, 1.807) is 6.33 Å². The highest BCUT2D eigenvalue weighted by Gasteiger charge is 2.12. The van der Waals surface area contributed by atoms with Crippen LogP contribution in [-0.4, -0.2) is 29.6 Å². The molecule has 0 aliphatic carbocycles. The number of nitrogens with zero attached hydrogens (tertiary/aromatic N) is 3. The minimum absolute atomic E-state index is 0.888. The van der Waals surface area contributed by atoms with Gasteiger partial charge in [-0.25, -0.2) is 9.97 Å². The van der Waals surface area contributed by atoms with Crippen molar-refractivity contribution in [2.75, 3.05) is 29.9 Å². The Kier molecular flexibility index (Phi) is 5.73. The zero-order valence-electron chi connectivity index (χ0n) is 11.5. The van der Waals surface area contributed by atoms with Crippen molar-refractivity contribution in [1.82, 2.24) is 9.97 Å². The van der Waals surface area contributed by atoms with Gasteiger partial charge in [0.2, 0.25) is 0 Å². The van der Waals surface area contributed by atoms with Crippen LogP contribution in [0.2, 0.25) is 0 Å². The van der Waals surface area contributed by atoms with Crippen LogP contribution in [0.5, 0.6) is 0 Å². The van der Waals surface area contributed by atoms with Crippen molar-refractivity contribution in [2.45, 2.75) is 40.5 Å². The standard InChI is InChI=1S/C13H24N4/c1-5-8-17(9-6-2)13-11(4)12(14-7-3)15-10-16-13/h10H,5-9H2,1-4H3,(H,14,15,16). The Morgan fingerprint density at radius 3 is 2.29 bits per heavy atom. The molecular formula is C13H24N4. The molecule has 4 heteroatoms. The predicted octanol–water partition coefficient (Wildman–Crippen LogP) is 2.84. The van der Waals surface area contributed by atoms with Crippen LogP contribution in [0.25, 0.3) is 0 Å². The Bertz CT molecular complexity index is 332. The molecule has 0 atom stereocenters. The molecule has 17 heavy (non-hydrogen) atoms. The Morgan fingerprint density at radius 2 is 1.76 bits per heavy atom. The van der Waals surface area contributed by atoms with E-state index in [1.807, 2.05) is 0 Å². The van der Waals surface area contributed by atoms with Crippen LogP contribution < -0.4 is 10.2 Å². The molecule has 1 heterocycles. The van der Waals surface area contributed by atoms with Crippen LogP contribution in [0.3, 0.4) is 0 Å². The van der Waals surface area contributed by atoms with Crippen LogP contribution in [0.1, 0.15) is 39.2 Å². The number of hydrogen-bond acceptors (Lipinski definition) is 4. The van der Waals surface area contributed by atoms with Gasteiger partial charge >= 0.3 is 0 Å². The summed E-state index contributed by atoms with van der Waals surface area (Å²) in [4.78, 5) is 11.1. The summed E-state index contributed by atoms with van der Waals surface area (Å²) in [7, 11) is 0. The van der Waals surface area contributed by atoms with Crippen LogP contribution in [0.15, 0.2) is 6.33 Å². The lowest BCUT2D eigenvalue weighted by atomic mass is 10.2. The van der Waals surface area contributed by atoms with Gasteiger partial charge in [0.1, 0.15) is 18.0 Å². The molecule has 0 bridgehead atoms. The molecular weight excluding hydrogens is 212 g/mol. The van der Waals surface area contributed by atoms with E-state index in [4.69, 9.17) is 0 Å². The van der Waals surface area contributed by atoms with Crippen molar-refractivity contribution >= 4 is 11.6 Å². The van der Waals surface area contributed by atoms with E-state index in [2.05, 4.69) is 47.9 Å². The van der Waals surface area contributed by atoms with E-state index in [9.17, 15) is 0 Å². The lowest BCUT2D eigenvalue weighted by Gasteiger charge is -2.24. The first-order chi connectivity index (χ1) is 8.24. The largest absolute Gasteiger partial charge is 0.370 e. The quantitative estimate of drug-likeness (QED) is 0.790. The Balaban J connectivity index is 2.97. The highest BCUT2D eigenvalue weighted by molar-refractivity contribution is 5.57. The van der Waals surface area contributed by atoms with Crippen LogP contribution in [-0.2, 0) is 0 Å². The van der Waals surface area contributed by atoms with Gasteiger partial charge in [0.05, 0.1) is 0 Å². The van der Waals surface area contributed by atoms with Crippen molar-refractivity contribution in [3.8, 4) is 0 Å². The van der Waals surface area contributed by atoms with Crippen molar-refractivity contribution in [1.29, 1.82) is 0 Å². The summed E-state index contributed by atoms with van der Waals surface area (Å²) >= 11 is 0. The normalized spacial score (nSPS) is 10.4. The van der Waals surface area contributed by atoms with Gasteiger partial charge in [-0.05, 0) is 26.7 Å². The SMILES string of the molecule is CCCN(CCC)c1ncnc(NCC)c1C. The molecule has 96 valence electrons. The van der Waals surface area contributed by atoms with Gasteiger partial charge in [-0.3, -0.25) is 0 Å². The first kappa shape index (κ1) is 13.7. The third-order valence-corrected chi connectivity index (χ3v) is 2.69. The van der Waals surface area contributed by atoms with E-state index < -0.39 is 0 Å². The molecule has 1 aromatic heterocycles. The molecule has 0 aromatic carbocycles. The summed E-state index contributed by atoms with van der Waals surface area (Å²) in [6.45, 7) is 11.6. The summed E-state index contributed by atoms with van der Waals surface area (Å²) < 4.78 is 0. The maximum absolute atomic E-state index is 4.43. The minimum atomic E-state index is 0.888. The maximum Gasteiger partial charge on any atom is 0.137 e. The molecule has 0 aliphatic heterocycles. The van der Waals surface area contributed by atoms with Crippen molar-refractivity contribution in [2.24, 2.45) is 0 Å².